The predicted molar refractivity (Wildman–Crippen MR) is 61.0 cm³/mol. The highest BCUT2D eigenvalue weighted by molar-refractivity contribution is 5.71. The summed E-state index contributed by atoms with van der Waals surface area (Å²) in [5.41, 5.74) is 0.304. The number of carbonyl (C=O) groups is 1. The van der Waals surface area contributed by atoms with E-state index in [-0.39, 0.29) is 31.3 Å². The Morgan fingerprint density at radius 3 is 2.67 bits per heavy atom. The molecule has 0 spiro atoms. The summed E-state index contributed by atoms with van der Waals surface area (Å²) in [7, 11) is 1.39. The molecule has 1 aromatic rings. The van der Waals surface area contributed by atoms with Crippen LogP contribution in [-0.4, -0.2) is 31.4 Å². The van der Waals surface area contributed by atoms with Crippen molar-refractivity contribution in [1.82, 2.24) is 0 Å². The molecule has 1 rings (SSSR count). The normalized spacial score (nSPS) is 10.0. The molecular formula is C12H15FO5. The number of halogens is 1. The van der Waals surface area contributed by atoms with Gasteiger partial charge < -0.3 is 19.3 Å². The smallest absolute Gasteiger partial charge is 0.344 e. The maximum absolute atomic E-state index is 13.5. The van der Waals surface area contributed by atoms with E-state index in [1.807, 2.05) is 0 Å². The molecule has 0 fully saturated rings. The van der Waals surface area contributed by atoms with Gasteiger partial charge in [0.1, 0.15) is 5.75 Å². The third kappa shape index (κ3) is 3.59. The van der Waals surface area contributed by atoms with Gasteiger partial charge in [0.15, 0.2) is 18.2 Å². The van der Waals surface area contributed by atoms with Crippen LogP contribution in [-0.2, 0) is 16.1 Å². The van der Waals surface area contributed by atoms with Crippen molar-refractivity contribution in [2.24, 2.45) is 0 Å². The van der Waals surface area contributed by atoms with E-state index >= 15 is 0 Å². The quantitative estimate of drug-likeness (QED) is 0.778. The number of benzene rings is 1. The second-order valence-electron chi connectivity index (χ2n) is 3.35. The molecular weight excluding hydrogens is 243 g/mol. The lowest BCUT2D eigenvalue weighted by molar-refractivity contribution is -0.145. The molecule has 0 aliphatic rings. The highest BCUT2D eigenvalue weighted by Gasteiger charge is 2.12. The molecule has 0 amide bonds. The average Bonchev–Trinajstić information content (AvgIpc) is 2.37. The summed E-state index contributed by atoms with van der Waals surface area (Å²) in [6.45, 7) is 1.17. The molecule has 0 atom stereocenters. The SMILES string of the molecule is CCOC(=O)COc1cc(OC)c(CO)cc1F. The van der Waals surface area contributed by atoms with Crippen molar-refractivity contribution in [1.29, 1.82) is 0 Å². The standard InChI is InChI=1S/C12H15FO5/c1-3-17-12(15)7-18-11-5-10(16-2)8(6-14)4-9(11)13/h4-5,14H,3,6-7H2,1-2H3. The van der Waals surface area contributed by atoms with Crippen molar-refractivity contribution in [2.45, 2.75) is 13.5 Å². The molecule has 0 radical (unpaired) electrons. The lowest BCUT2D eigenvalue weighted by Crippen LogP contribution is -2.15. The number of hydrogen-bond donors (Lipinski definition) is 1. The first-order valence-electron chi connectivity index (χ1n) is 5.38. The fraction of sp³-hybridized carbons (Fsp3) is 0.417. The number of ether oxygens (including phenoxy) is 3. The van der Waals surface area contributed by atoms with Gasteiger partial charge in [-0.25, -0.2) is 9.18 Å². The lowest BCUT2D eigenvalue weighted by atomic mass is 10.2. The molecule has 0 saturated heterocycles. The van der Waals surface area contributed by atoms with Crippen molar-refractivity contribution in [2.75, 3.05) is 20.3 Å². The topological polar surface area (TPSA) is 65.0 Å². The van der Waals surface area contributed by atoms with Gasteiger partial charge in [0.25, 0.3) is 0 Å². The summed E-state index contributed by atoms with van der Waals surface area (Å²) in [5, 5.41) is 8.99. The number of hydrogen-bond acceptors (Lipinski definition) is 5. The monoisotopic (exact) mass is 258 g/mol. The predicted octanol–water partition coefficient (Wildman–Crippen LogP) is 1.27. The molecule has 6 heteroatoms. The Hall–Kier alpha value is -1.82. The first-order chi connectivity index (χ1) is 8.62. The Kier molecular flexibility index (Phi) is 5.38. The Labute approximate surface area is 104 Å². The van der Waals surface area contributed by atoms with Gasteiger partial charge in [0, 0.05) is 11.6 Å². The van der Waals surface area contributed by atoms with E-state index in [4.69, 9.17) is 14.6 Å². The van der Waals surface area contributed by atoms with Crippen LogP contribution >= 0.6 is 0 Å². The van der Waals surface area contributed by atoms with Crippen LogP contribution < -0.4 is 9.47 Å². The third-order valence-corrected chi connectivity index (χ3v) is 2.16. The van der Waals surface area contributed by atoms with Gasteiger partial charge in [0.05, 0.1) is 20.3 Å². The zero-order valence-electron chi connectivity index (χ0n) is 10.2. The number of rotatable bonds is 6. The van der Waals surface area contributed by atoms with Crippen LogP contribution in [0.25, 0.3) is 0 Å². The second kappa shape index (κ2) is 6.80. The summed E-state index contributed by atoms with van der Waals surface area (Å²) >= 11 is 0. The van der Waals surface area contributed by atoms with Crippen LogP contribution in [0.1, 0.15) is 12.5 Å². The van der Waals surface area contributed by atoms with Crippen LogP contribution in [0.4, 0.5) is 4.39 Å². The highest BCUT2D eigenvalue weighted by Crippen LogP contribution is 2.28. The van der Waals surface area contributed by atoms with E-state index in [1.165, 1.54) is 13.2 Å². The molecule has 0 aromatic heterocycles. The van der Waals surface area contributed by atoms with E-state index in [0.29, 0.717) is 5.56 Å². The number of aliphatic hydroxyl groups excluding tert-OH is 1. The van der Waals surface area contributed by atoms with Crippen molar-refractivity contribution in [3.8, 4) is 11.5 Å². The summed E-state index contributed by atoms with van der Waals surface area (Å²) in [6.07, 6.45) is 0. The van der Waals surface area contributed by atoms with Gasteiger partial charge >= 0.3 is 5.97 Å². The minimum Gasteiger partial charge on any atom is -0.496 e. The Bertz CT molecular complexity index is 419. The molecule has 1 aromatic carbocycles. The molecule has 0 unspecified atom stereocenters. The van der Waals surface area contributed by atoms with E-state index in [9.17, 15) is 9.18 Å². The van der Waals surface area contributed by atoms with Crippen LogP contribution in [0, 0.1) is 5.82 Å². The van der Waals surface area contributed by atoms with E-state index in [0.717, 1.165) is 6.07 Å². The van der Waals surface area contributed by atoms with Gasteiger partial charge in [0.2, 0.25) is 0 Å². The zero-order valence-corrected chi connectivity index (χ0v) is 10.2. The van der Waals surface area contributed by atoms with Gasteiger partial charge in [-0.05, 0) is 13.0 Å². The fourth-order valence-corrected chi connectivity index (χ4v) is 1.34. The first-order valence-corrected chi connectivity index (χ1v) is 5.38. The van der Waals surface area contributed by atoms with Crippen molar-refractivity contribution in [3.63, 3.8) is 0 Å². The summed E-state index contributed by atoms with van der Waals surface area (Å²) in [4.78, 5) is 11.1. The molecule has 0 aliphatic carbocycles. The maximum Gasteiger partial charge on any atom is 0.344 e. The lowest BCUT2D eigenvalue weighted by Gasteiger charge is -2.11. The van der Waals surface area contributed by atoms with Gasteiger partial charge in [-0.1, -0.05) is 0 Å². The maximum atomic E-state index is 13.5. The molecule has 18 heavy (non-hydrogen) atoms. The Morgan fingerprint density at radius 2 is 2.11 bits per heavy atom. The molecule has 0 saturated carbocycles. The van der Waals surface area contributed by atoms with Crippen LogP contribution in [0.2, 0.25) is 0 Å². The van der Waals surface area contributed by atoms with Gasteiger partial charge in [-0.3, -0.25) is 0 Å². The van der Waals surface area contributed by atoms with Gasteiger partial charge in [-0.15, -0.1) is 0 Å². The Morgan fingerprint density at radius 1 is 1.39 bits per heavy atom. The number of carbonyl (C=O) groups excluding carboxylic acids is 1. The average molecular weight is 258 g/mol. The van der Waals surface area contributed by atoms with E-state index in [1.54, 1.807) is 6.92 Å². The zero-order chi connectivity index (χ0) is 13.5. The number of methoxy groups -OCH3 is 1. The number of esters is 1. The largest absolute Gasteiger partial charge is 0.496 e. The van der Waals surface area contributed by atoms with Crippen LogP contribution in [0.3, 0.4) is 0 Å². The first kappa shape index (κ1) is 14.2. The van der Waals surface area contributed by atoms with E-state index in [2.05, 4.69) is 4.74 Å². The summed E-state index contributed by atoms with van der Waals surface area (Å²) in [5.74, 6) is -1.10. The van der Waals surface area contributed by atoms with Crippen molar-refractivity contribution >= 4 is 5.97 Å². The minimum atomic E-state index is -0.677. The molecule has 1 N–H and O–H groups in total. The minimum absolute atomic E-state index is 0.128. The summed E-state index contributed by atoms with van der Waals surface area (Å²) < 4.78 is 28.1. The van der Waals surface area contributed by atoms with Crippen molar-refractivity contribution in [3.05, 3.63) is 23.5 Å². The van der Waals surface area contributed by atoms with E-state index < -0.39 is 11.8 Å². The summed E-state index contributed by atoms with van der Waals surface area (Å²) in [6, 6.07) is 2.37. The third-order valence-electron chi connectivity index (χ3n) is 2.16. The van der Waals surface area contributed by atoms with Crippen LogP contribution in [0.15, 0.2) is 12.1 Å². The Balaban J connectivity index is 2.79. The molecule has 0 heterocycles. The highest BCUT2D eigenvalue weighted by atomic mass is 19.1. The van der Waals surface area contributed by atoms with Gasteiger partial charge in [-0.2, -0.15) is 0 Å². The van der Waals surface area contributed by atoms with Crippen LogP contribution in [0.5, 0.6) is 11.5 Å². The van der Waals surface area contributed by atoms with Crippen molar-refractivity contribution < 1.29 is 28.5 Å². The molecule has 0 bridgehead atoms. The molecule has 5 nitrogen and oxygen atoms in total. The molecule has 100 valence electrons. The fourth-order valence-electron chi connectivity index (χ4n) is 1.34. The number of aliphatic hydroxyl groups is 1. The molecule has 0 aliphatic heterocycles. The second-order valence-corrected chi connectivity index (χ2v) is 3.35.